The fourth-order valence-corrected chi connectivity index (χ4v) is 2.87. The number of nitrogen functional groups attached to an aromatic ring is 1. The van der Waals surface area contributed by atoms with E-state index in [4.69, 9.17) is 10.2 Å². The zero-order valence-electron chi connectivity index (χ0n) is 13.9. The number of hydrogen-bond donors (Lipinski definition) is 2. The van der Waals surface area contributed by atoms with E-state index in [9.17, 15) is 9.90 Å². The Kier molecular flexibility index (Phi) is 3.65. The Hall–Kier alpha value is -3.67. The van der Waals surface area contributed by atoms with Crippen molar-refractivity contribution in [3.63, 3.8) is 0 Å². The molecule has 0 unspecified atom stereocenters. The third kappa shape index (κ3) is 2.67. The number of aryl methyl sites for hydroxylation is 1. The molecule has 0 atom stereocenters. The Morgan fingerprint density at radius 2 is 1.73 bits per heavy atom. The molecule has 6 nitrogen and oxygen atoms in total. The molecule has 0 radical (unpaired) electrons. The fourth-order valence-electron chi connectivity index (χ4n) is 2.87. The maximum absolute atomic E-state index is 12.5. The second-order valence-electron chi connectivity index (χ2n) is 5.98. The van der Waals surface area contributed by atoms with Gasteiger partial charge in [-0.25, -0.2) is 14.8 Å². The van der Waals surface area contributed by atoms with Crippen LogP contribution >= 0.6 is 0 Å². The minimum Gasteiger partial charge on any atom is -0.506 e. The van der Waals surface area contributed by atoms with Crippen LogP contribution in [0.25, 0.3) is 33.5 Å². The molecular weight excluding hydrogens is 330 g/mol. The molecule has 4 rings (SSSR count). The van der Waals surface area contributed by atoms with Gasteiger partial charge >= 0.3 is 5.63 Å². The average molecular weight is 345 g/mol. The Bertz CT molecular complexity index is 1180. The highest BCUT2D eigenvalue weighted by Gasteiger charge is 2.19. The largest absolute Gasteiger partial charge is 0.506 e. The zero-order valence-corrected chi connectivity index (χ0v) is 13.9. The Labute approximate surface area is 148 Å². The van der Waals surface area contributed by atoms with Gasteiger partial charge in [-0.05, 0) is 30.7 Å². The van der Waals surface area contributed by atoms with E-state index in [0.29, 0.717) is 16.7 Å². The van der Waals surface area contributed by atoms with Crippen LogP contribution in [0.15, 0.2) is 63.8 Å². The fraction of sp³-hybridized carbons (Fsp3) is 0.0500. The molecule has 0 amide bonds. The van der Waals surface area contributed by atoms with E-state index < -0.39 is 5.63 Å². The molecule has 2 aromatic carbocycles. The average Bonchev–Trinajstić information content (AvgIpc) is 2.61. The predicted octanol–water partition coefficient (Wildman–Crippen LogP) is 3.51. The first-order valence-corrected chi connectivity index (χ1v) is 8.00. The number of hydrogen-bond acceptors (Lipinski definition) is 6. The number of fused-ring (bicyclic) bond motifs is 1. The molecule has 0 aliphatic carbocycles. The van der Waals surface area contributed by atoms with Gasteiger partial charge in [-0.15, -0.1) is 0 Å². The molecule has 3 N–H and O–H groups in total. The molecule has 2 heterocycles. The van der Waals surface area contributed by atoms with Crippen molar-refractivity contribution in [2.24, 2.45) is 0 Å². The highest BCUT2D eigenvalue weighted by Crippen LogP contribution is 2.34. The molecule has 4 aromatic rings. The first kappa shape index (κ1) is 15.8. The topological polar surface area (TPSA) is 102 Å². The summed E-state index contributed by atoms with van der Waals surface area (Å²) < 4.78 is 5.38. The zero-order chi connectivity index (χ0) is 18.3. The molecule has 6 heteroatoms. The highest BCUT2D eigenvalue weighted by molar-refractivity contribution is 5.90. The summed E-state index contributed by atoms with van der Waals surface area (Å²) >= 11 is 0. The van der Waals surface area contributed by atoms with Crippen LogP contribution in [0.3, 0.4) is 0 Å². The Morgan fingerprint density at radius 3 is 2.50 bits per heavy atom. The Morgan fingerprint density at radius 1 is 1.00 bits per heavy atom. The molecule has 0 aliphatic rings. The number of nitrogens with two attached hydrogens (primary N) is 1. The summed E-state index contributed by atoms with van der Waals surface area (Å²) in [5, 5.41) is 11.1. The molecule has 128 valence electrons. The van der Waals surface area contributed by atoms with E-state index in [1.807, 2.05) is 43.3 Å². The number of rotatable bonds is 2. The van der Waals surface area contributed by atoms with Gasteiger partial charge in [0.05, 0.1) is 16.8 Å². The molecule has 0 spiro atoms. The minimum atomic E-state index is -0.683. The van der Waals surface area contributed by atoms with Crippen LogP contribution < -0.4 is 11.4 Å². The lowest BCUT2D eigenvalue weighted by molar-refractivity contribution is 0.471. The minimum absolute atomic E-state index is 0.00385. The molecule has 0 bridgehead atoms. The van der Waals surface area contributed by atoms with Crippen molar-refractivity contribution < 1.29 is 9.52 Å². The summed E-state index contributed by atoms with van der Waals surface area (Å²) in [7, 11) is 0. The number of aromatic hydroxyl groups is 1. The third-order valence-corrected chi connectivity index (χ3v) is 4.10. The summed E-state index contributed by atoms with van der Waals surface area (Å²) in [5.41, 5.74) is 7.94. The quantitative estimate of drug-likeness (QED) is 0.539. The lowest BCUT2D eigenvalue weighted by Gasteiger charge is -2.09. The van der Waals surface area contributed by atoms with Gasteiger partial charge in [-0.2, -0.15) is 0 Å². The summed E-state index contributed by atoms with van der Waals surface area (Å²) in [6, 6.07) is 16.2. The molecule has 0 aliphatic heterocycles. The van der Waals surface area contributed by atoms with Crippen molar-refractivity contribution >= 4 is 16.9 Å². The van der Waals surface area contributed by atoms with Crippen LogP contribution in [0.5, 0.6) is 5.75 Å². The summed E-state index contributed by atoms with van der Waals surface area (Å²) in [4.78, 5) is 20.8. The Balaban J connectivity index is 1.97. The SMILES string of the molecule is Cc1ccc2c(O)c(-c3cc(-c4ccccc4)nc(N)n3)c(=O)oc2c1. The molecule has 2 aromatic heterocycles. The second-order valence-corrected chi connectivity index (χ2v) is 5.98. The van der Waals surface area contributed by atoms with Gasteiger partial charge in [0.25, 0.3) is 0 Å². The summed E-state index contributed by atoms with van der Waals surface area (Å²) in [6.45, 7) is 1.88. The van der Waals surface area contributed by atoms with Crippen LogP contribution in [0.4, 0.5) is 5.95 Å². The van der Waals surface area contributed by atoms with E-state index in [0.717, 1.165) is 11.1 Å². The van der Waals surface area contributed by atoms with E-state index in [2.05, 4.69) is 9.97 Å². The van der Waals surface area contributed by atoms with Crippen LogP contribution in [-0.2, 0) is 0 Å². The smallest absolute Gasteiger partial charge is 0.349 e. The van der Waals surface area contributed by atoms with Crippen LogP contribution in [0.2, 0.25) is 0 Å². The maximum Gasteiger partial charge on any atom is 0.349 e. The second kappa shape index (κ2) is 6.00. The number of nitrogens with zero attached hydrogens (tertiary/aromatic N) is 2. The van der Waals surface area contributed by atoms with Crippen molar-refractivity contribution in [2.75, 3.05) is 5.73 Å². The third-order valence-electron chi connectivity index (χ3n) is 4.10. The normalized spacial score (nSPS) is 11.0. The van der Waals surface area contributed by atoms with Crippen molar-refractivity contribution in [3.05, 3.63) is 70.6 Å². The maximum atomic E-state index is 12.5. The number of aromatic nitrogens is 2. The molecule has 26 heavy (non-hydrogen) atoms. The van der Waals surface area contributed by atoms with Gasteiger partial charge in [0, 0.05) is 5.56 Å². The predicted molar refractivity (Wildman–Crippen MR) is 99.8 cm³/mol. The number of anilines is 1. The van der Waals surface area contributed by atoms with Crippen molar-refractivity contribution in [1.29, 1.82) is 0 Å². The van der Waals surface area contributed by atoms with Gasteiger partial charge in [0.1, 0.15) is 16.9 Å². The van der Waals surface area contributed by atoms with Crippen molar-refractivity contribution in [1.82, 2.24) is 9.97 Å². The monoisotopic (exact) mass is 345 g/mol. The van der Waals surface area contributed by atoms with Gasteiger partial charge in [0.15, 0.2) is 0 Å². The molecule has 0 saturated carbocycles. The number of benzene rings is 2. The van der Waals surface area contributed by atoms with Gasteiger partial charge < -0.3 is 15.3 Å². The van der Waals surface area contributed by atoms with Crippen molar-refractivity contribution in [2.45, 2.75) is 6.92 Å². The van der Waals surface area contributed by atoms with Crippen LogP contribution in [0.1, 0.15) is 5.56 Å². The van der Waals surface area contributed by atoms with E-state index in [1.165, 1.54) is 0 Å². The summed E-state index contributed by atoms with van der Waals surface area (Å²) in [5.74, 6) is -0.183. The molecule has 0 saturated heterocycles. The van der Waals surface area contributed by atoms with Gasteiger partial charge in [-0.1, -0.05) is 36.4 Å². The first-order valence-electron chi connectivity index (χ1n) is 8.00. The van der Waals surface area contributed by atoms with Crippen LogP contribution in [-0.4, -0.2) is 15.1 Å². The summed E-state index contributed by atoms with van der Waals surface area (Å²) in [6.07, 6.45) is 0. The van der Waals surface area contributed by atoms with E-state index in [-0.39, 0.29) is 23.0 Å². The van der Waals surface area contributed by atoms with Gasteiger partial charge in [0.2, 0.25) is 5.95 Å². The molecular formula is C20H15N3O3. The lowest BCUT2D eigenvalue weighted by atomic mass is 10.1. The molecule has 0 fully saturated rings. The van der Waals surface area contributed by atoms with Gasteiger partial charge in [-0.3, -0.25) is 0 Å². The lowest BCUT2D eigenvalue weighted by Crippen LogP contribution is -2.07. The standard InChI is InChI=1S/C20H15N3O3/c1-11-7-8-13-16(9-11)26-19(25)17(18(13)24)15-10-14(22-20(21)23-15)12-5-3-2-4-6-12/h2-10,24H,1H3,(H2,21,22,23). The van der Waals surface area contributed by atoms with E-state index in [1.54, 1.807) is 18.2 Å². The first-order chi connectivity index (χ1) is 12.5. The highest BCUT2D eigenvalue weighted by atomic mass is 16.4. The van der Waals surface area contributed by atoms with E-state index >= 15 is 0 Å². The van der Waals surface area contributed by atoms with Crippen molar-refractivity contribution in [3.8, 4) is 28.3 Å². The van der Waals surface area contributed by atoms with Crippen LogP contribution in [0, 0.1) is 6.92 Å².